The quantitative estimate of drug-likeness (QED) is 0.731. The van der Waals surface area contributed by atoms with Gasteiger partial charge in [-0.15, -0.1) is 12.4 Å². The van der Waals surface area contributed by atoms with Crippen molar-refractivity contribution >= 4 is 12.4 Å². The van der Waals surface area contributed by atoms with Gasteiger partial charge >= 0.3 is 0 Å². The fourth-order valence-corrected chi connectivity index (χ4v) is 0.877. The second kappa shape index (κ2) is 8.11. The van der Waals surface area contributed by atoms with E-state index in [1.165, 1.54) is 0 Å². The largest absolute Gasteiger partial charge is 0.378 e. The molecule has 0 aromatic heterocycles. The lowest BCUT2D eigenvalue weighted by Gasteiger charge is -2.15. The Kier molecular flexibility index (Phi) is 9.39. The van der Waals surface area contributed by atoms with E-state index >= 15 is 0 Å². The van der Waals surface area contributed by atoms with Gasteiger partial charge in [-0.25, -0.2) is 0 Å². The zero-order chi connectivity index (χ0) is 10.3. The molecule has 0 aromatic rings. The first-order valence-electron chi connectivity index (χ1n) is 5.00. The number of hydrogen-bond acceptors (Lipinski definition) is 2. The van der Waals surface area contributed by atoms with Crippen LogP contribution in [0.2, 0.25) is 0 Å². The molecule has 0 fully saturated rings. The number of rotatable bonds is 4. The van der Waals surface area contributed by atoms with Crippen LogP contribution < -0.4 is 0 Å². The van der Waals surface area contributed by atoms with E-state index in [0.29, 0.717) is 6.42 Å². The van der Waals surface area contributed by atoms with Crippen LogP contribution in [0.25, 0.3) is 0 Å². The van der Waals surface area contributed by atoms with Crippen LogP contribution in [0.4, 0.5) is 0 Å². The maximum absolute atomic E-state index is 9.59. The van der Waals surface area contributed by atoms with Crippen molar-refractivity contribution in [2.24, 2.45) is 0 Å². The summed E-state index contributed by atoms with van der Waals surface area (Å²) in [6.45, 7) is 10.7. The van der Waals surface area contributed by atoms with Crippen LogP contribution in [0.5, 0.6) is 0 Å². The molecule has 1 unspecified atom stereocenters. The van der Waals surface area contributed by atoms with Gasteiger partial charge in [0, 0.05) is 0 Å². The zero-order valence-corrected chi connectivity index (χ0v) is 10.4. The second-order valence-electron chi connectivity index (χ2n) is 3.39. The predicted octanol–water partition coefficient (Wildman–Crippen LogP) is 1.91. The molecule has 0 aliphatic carbocycles. The lowest BCUT2D eigenvalue weighted by Crippen LogP contribution is -2.24. The maximum Gasteiger partial charge on any atom is 0.122 e. The zero-order valence-electron chi connectivity index (χ0n) is 9.63. The van der Waals surface area contributed by atoms with E-state index in [4.69, 9.17) is 0 Å². The molecule has 84 valence electrons. The standard InChI is InChI=1S/C11H21NO.ClH/c1-5-11(4,13)9-8-10-12(6-2)7-3;/h13H,5-7,10H2,1-4H3;1H. The molecule has 0 aliphatic heterocycles. The monoisotopic (exact) mass is 219 g/mol. The molecule has 0 amide bonds. The lowest BCUT2D eigenvalue weighted by atomic mass is 10.1. The summed E-state index contributed by atoms with van der Waals surface area (Å²) in [7, 11) is 0. The Hall–Kier alpha value is -0.230. The van der Waals surface area contributed by atoms with E-state index in [-0.39, 0.29) is 12.4 Å². The van der Waals surface area contributed by atoms with Gasteiger partial charge in [-0.1, -0.05) is 32.6 Å². The SMILES string of the molecule is CCN(CC)CC#CC(C)(O)CC.Cl. The van der Waals surface area contributed by atoms with Gasteiger partial charge in [0.1, 0.15) is 5.60 Å². The molecule has 0 aliphatic rings. The van der Waals surface area contributed by atoms with E-state index in [1.807, 2.05) is 6.92 Å². The van der Waals surface area contributed by atoms with Crippen LogP contribution in [0.15, 0.2) is 0 Å². The number of hydrogen-bond donors (Lipinski definition) is 1. The molecule has 2 nitrogen and oxygen atoms in total. The molecule has 0 saturated carbocycles. The van der Waals surface area contributed by atoms with Gasteiger partial charge in [-0.2, -0.15) is 0 Å². The van der Waals surface area contributed by atoms with Crippen LogP contribution in [0.1, 0.15) is 34.1 Å². The van der Waals surface area contributed by atoms with E-state index in [0.717, 1.165) is 19.6 Å². The van der Waals surface area contributed by atoms with Gasteiger partial charge < -0.3 is 5.11 Å². The summed E-state index contributed by atoms with van der Waals surface area (Å²) in [6.07, 6.45) is 0.679. The number of nitrogens with zero attached hydrogens (tertiary/aromatic N) is 1. The smallest absolute Gasteiger partial charge is 0.122 e. The molecule has 0 saturated heterocycles. The van der Waals surface area contributed by atoms with E-state index in [9.17, 15) is 5.11 Å². The molecular weight excluding hydrogens is 198 g/mol. The number of aliphatic hydroxyl groups is 1. The van der Waals surface area contributed by atoms with Gasteiger partial charge in [0.15, 0.2) is 0 Å². The van der Waals surface area contributed by atoms with Gasteiger partial charge in [-0.3, -0.25) is 4.90 Å². The Morgan fingerprint density at radius 3 is 2.07 bits per heavy atom. The summed E-state index contributed by atoms with van der Waals surface area (Å²) >= 11 is 0. The van der Waals surface area contributed by atoms with E-state index in [1.54, 1.807) is 6.92 Å². The average molecular weight is 220 g/mol. The summed E-state index contributed by atoms with van der Waals surface area (Å²) in [5.41, 5.74) is -0.812. The Balaban J connectivity index is 0. The summed E-state index contributed by atoms with van der Waals surface area (Å²) in [5.74, 6) is 5.88. The first kappa shape index (κ1) is 16.2. The Morgan fingerprint density at radius 1 is 1.21 bits per heavy atom. The van der Waals surface area contributed by atoms with Gasteiger partial charge in [0.2, 0.25) is 0 Å². The highest BCUT2D eigenvalue weighted by molar-refractivity contribution is 5.85. The molecule has 0 bridgehead atoms. The molecule has 14 heavy (non-hydrogen) atoms. The summed E-state index contributed by atoms with van der Waals surface area (Å²) in [6, 6.07) is 0. The molecule has 0 radical (unpaired) electrons. The molecule has 1 atom stereocenters. The molecular formula is C11H22ClNO. The van der Waals surface area contributed by atoms with Crippen LogP contribution in [0, 0.1) is 11.8 Å². The van der Waals surface area contributed by atoms with Crippen molar-refractivity contribution in [2.75, 3.05) is 19.6 Å². The normalized spacial score (nSPS) is 13.9. The average Bonchev–Trinajstić information content (AvgIpc) is 2.12. The molecule has 0 heterocycles. The summed E-state index contributed by atoms with van der Waals surface area (Å²) in [4.78, 5) is 2.22. The second-order valence-corrected chi connectivity index (χ2v) is 3.39. The van der Waals surface area contributed by atoms with E-state index in [2.05, 4.69) is 30.6 Å². The Morgan fingerprint density at radius 2 is 1.71 bits per heavy atom. The van der Waals surface area contributed by atoms with Crippen molar-refractivity contribution in [3.05, 3.63) is 0 Å². The summed E-state index contributed by atoms with van der Waals surface area (Å²) in [5, 5.41) is 9.59. The van der Waals surface area contributed by atoms with Crippen LogP contribution >= 0.6 is 12.4 Å². The maximum atomic E-state index is 9.59. The van der Waals surface area contributed by atoms with Crippen molar-refractivity contribution in [3.8, 4) is 11.8 Å². The first-order chi connectivity index (χ1) is 6.05. The topological polar surface area (TPSA) is 23.5 Å². The molecule has 0 rings (SSSR count). The molecule has 0 aromatic carbocycles. The van der Waals surface area contributed by atoms with Gasteiger partial charge in [-0.05, 0) is 26.4 Å². The van der Waals surface area contributed by atoms with Crippen molar-refractivity contribution in [3.63, 3.8) is 0 Å². The van der Waals surface area contributed by atoms with Crippen molar-refractivity contribution in [1.82, 2.24) is 4.90 Å². The fourth-order valence-electron chi connectivity index (χ4n) is 0.877. The highest BCUT2D eigenvalue weighted by Gasteiger charge is 2.11. The minimum absolute atomic E-state index is 0. The minimum Gasteiger partial charge on any atom is -0.378 e. The summed E-state index contributed by atoms with van der Waals surface area (Å²) < 4.78 is 0. The van der Waals surface area contributed by atoms with Gasteiger partial charge in [0.05, 0.1) is 6.54 Å². The van der Waals surface area contributed by atoms with Crippen molar-refractivity contribution in [2.45, 2.75) is 39.7 Å². The van der Waals surface area contributed by atoms with Crippen LogP contribution in [-0.4, -0.2) is 35.2 Å². The highest BCUT2D eigenvalue weighted by Crippen LogP contribution is 2.05. The van der Waals surface area contributed by atoms with Crippen LogP contribution in [0.3, 0.4) is 0 Å². The van der Waals surface area contributed by atoms with E-state index < -0.39 is 5.60 Å². The third kappa shape index (κ3) is 7.20. The lowest BCUT2D eigenvalue weighted by molar-refractivity contribution is 0.118. The van der Waals surface area contributed by atoms with Crippen LogP contribution in [-0.2, 0) is 0 Å². The Labute approximate surface area is 94.1 Å². The minimum atomic E-state index is -0.812. The Bertz CT molecular complexity index is 189. The predicted molar refractivity (Wildman–Crippen MR) is 63.7 cm³/mol. The third-order valence-electron chi connectivity index (χ3n) is 2.24. The first-order valence-corrected chi connectivity index (χ1v) is 5.00. The molecule has 0 spiro atoms. The number of halogens is 1. The third-order valence-corrected chi connectivity index (χ3v) is 2.24. The fraction of sp³-hybridized carbons (Fsp3) is 0.818. The van der Waals surface area contributed by atoms with Crippen molar-refractivity contribution < 1.29 is 5.11 Å². The highest BCUT2D eigenvalue weighted by atomic mass is 35.5. The molecule has 3 heteroatoms. The molecule has 1 N–H and O–H groups in total. The van der Waals surface area contributed by atoms with Crippen molar-refractivity contribution in [1.29, 1.82) is 0 Å². The van der Waals surface area contributed by atoms with Gasteiger partial charge in [0.25, 0.3) is 0 Å².